The van der Waals surface area contributed by atoms with Gasteiger partial charge in [-0.3, -0.25) is 0 Å². The monoisotopic (exact) mass is 183 g/mol. The highest BCUT2D eigenvalue weighted by Gasteiger charge is 2.35. The lowest BCUT2D eigenvalue weighted by Crippen LogP contribution is -2.46. The van der Waals surface area contributed by atoms with Crippen LogP contribution in [0.15, 0.2) is 12.2 Å². The van der Waals surface area contributed by atoms with E-state index in [2.05, 4.69) is 22.9 Å². The largest absolute Gasteiger partial charge is 0.358 e. The fourth-order valence-electron chi connectivity index (χ4n) is 2.16. The van der Waals surface area contributed by atoms with Crippen LogP contribution in [0.2, 0.25) is 0 Å². The Bertz CT molecular complexity index is 226. The molecule has 0 aromatic carbocycles. The van der Waals surface area contributed by atoms with Gasteiger partial charge in [-0.25, -0.2) is 5.84 Å². The molecule has 0 heterocycles. The zero-order valence-corrected chi connectivity index (χ0v) is 7.60. The van der Waals surface area contributed by atoms with Crippen molar-refractivity contribution in [2.24, 2.45) is 17.7 Å². The van der Waals surface area contributed by atoms with Crippen molar-refractivity contribution in [1.82, 2.24) is 10.7 Å². The number of nitrogens with one attached hydrogen (secondary N) is 2. The molecule has 0 saturated heterocycles. The number of thiocarbonyl (C=S) groups is 1. The molecule has 1 fully saturated rings. The van der Waals surface area contributed by atoms with Crippen molar-refractivity contribution in [3.63, 3.8) is 0 Å². The Labute approximate surface area is 77.4 Å². The van der Waals surface area contributed by atoms with Gasteiger partial charge in [0.15, 0.2) is 5.11 Å². The minimum Gasteiger partial charge on any atom is -0.358 e. The first-order valence-electron chi connectivity index (χ1n) is 4.25. The average molecular weight is 183 g/mol. The summed E-state index contributed by atoms with van der Waals surface area (Å²) in [4.78, 5) is 0. The third kappa shape index (κ3) is 1.32. The standard InChI is InChI=1S/C8H13N3S/c9-11-8(12)10-7-4-5-1-2-6(7)3-5/h1-2,5-7H,3-4,9H2,(H2,10,11,12)/t5-,6+,7+/m0/s1. The molecule has 3 atom stereocenters. The van der Waals surface area contributed by atoms with Crippen LogP contribution in [0.25, 0.3) is 0 Å². The molecule has 2 bridgehead atoms. The molecular weight excluding hydrogens is 170 g/mol. The SMILES string of the molecule is NNC(=S)N[C@@H]1C[C@H]2C=C[C@@H]1C2. The van der Waals surface area contributed by atoms with Crippen LogP contribution >= 0.6 is 12.2 Å². The predicted octanol–water partition coefficient (Wildman–Crippen LogP) is 0.289. The highest BCUT2D eigenvalue weighted by Crippen LogP contribution is 2.38. The lowest BCUT2D eigenvalue weighted by Gasteiger charge is -2.20. The van der Waals surface area contributed by atoms with Gasteiger partial charge in [0.2, 0.25) is 0 Å². The number of hydrogen-bond acceptors (Lipinski definition) is 2. The molecule has 4 heteroatoms. The van der Waals surface area contributed by atoms with E-state index in [4.69, 9.17) is 18.1 Å². The van der Waals surface area contributed by atoms with Gasteiger partial charge in [-0.05, 0) is 36.9 Å². The number of hydrazine groups is 1. The van der Waals surface area contributed by atoms with Crippen LogP contribution in [0.5, 0.6) is 0 Å². The van der Waals surface area contributed by atoms with E-state index >= 15 is 0 Å². The van der Waals surface area contributed by atoms with Crippen LogP contribution < -0.4 is 16.6 Å². The summed E-state index contributed by atoms with van der Waals surface area (Å²) in [6, 6.07) is 0.503. The molecule has 0 unspecified atom stereocenters. The lowest BCUT2D eigenvalue weighted by atomic mass is 10.0. The molecule has 2 aliphatic rings. The van der Waals surface area contributed by atoms with Gasteiger partial charge in [0.1, 0.15) is 0 Å². The molecule has 1 saturated carbocycles. The number of fused-ring (bicyclic) bond motifs is 2. The van der Waals surface area contributed by atoms with E-state index in [1.54, 1.807) is 0 Å². The third-order valence-corrected chi connectivity index (χ3v) is 2.96. The Morgan fingerprint density at radius 1 is 1.42 bits per heavy atom. The quantitative estimate of drug-likeness (QED) is 0.237. The van der Waals surface area contributed by atoms with E-state index < -0.39 is 0 Å². The first kappa shape index (κ1) is 8.01. The van der Waals surface area contributed by atoms with Crippen LogP contribution in [0.3, 0.4) is 0 Å². The number of hydrogen-bond donors (Lipinski definition) is 3. The minimum absolute atomic E-state index is 0.503. The van der Waals surface area contributed by atoms with Crippen LogP contribution in [-0.4, -0.2) is 11.2 Å². The zero-order chi connectivity index (χ0) is 8.55. The molecule has 4 N–H and O–H groups in total. The van der Waals surface area contributed by atoms with Gasteiger partial charge < -0.3 is 10.7 Å². The van der Waals surface area contributed by atoms with Gasteiger partial charge in [-0.1, -0.05) is 12.2 Å². The van der Waals surface area contributed by atoms with E-state index in [9.17, 15) is 0 Å². The smallest absolute Gasteiger partial charge is 0.180 e. The second-order valence-corrected chi connectivity index (χ2v) is 3.91. The lowest BCUT2D eigenvalue weighted by molar-refractivity contribution is 0.520. The summed E-state index contributed by atoms with van der Waals surface area (Å²) >= 11 is 4.94. The summed E-state index contributed by atoms with van der Waals surface area (Å²) in [5.41, 5.74) is 2.45. The van der Waals surface area contributed by atoms with Crippen LogP contribution in [0, 0.1) is 11.8 Å². The Morgan fingerprint density at radius 3 is 2.75 bits per heavy atom. The van der Waals surface area contributed by atoms with E-state index in [1.807, 2.05) is 0 Å². The van der Waals surface area contributed by atoms with Crippen LogP contribution in [-0.2, 0) is 0 Å². The first-order chi connectivity index (χ1) is 5.79. The maximum Gasteiger partial charge on any atom is 0.180 e. The predicted molar refractivity (Wildman–Crippen MR) is 52.2 cm³/mol. The topological polar surface area (TPSA) is 50.1 Å². The molecule has 0 amide bonds. The Hall–Kier alpha value is -0.610. The Balaban J connectivity index is 1.91. The molecule has 0 spiro atoms. The van der Waals surface area contributed by atoms with E-state index in [-0.39, 0.29) is 0 Å². The van der Waals surface area contributed by atoms with Gasteiger partial charge in [-0.15, -0.1) is 0 Å². The molecule has 3 nitrogen and oxygen atoms in total. The summed E-state index contributed by atoms with van der Waals surface area (Å²) in [5.74, 6) is 6.62. The number of rotatable bonds is 1. The molecule has 2 aliphatic carbocycles. The number of allylic oxidation sites excluding steroid dienone is 1. The third-order valence-electron chi connectivity index (χ3n) is 2.73. The zero-order valence-electron chi connectivity index (χ0n) is 6.79. The molecule has 0 aromatic rings. The van der Waals surface area contributed by atoms with E-state index in [0.29, 0.717) is 17.1 Å². The Morgan fingerprint density at radius 2 is 2.25 bits per heavy atom. The van der Waals surface area contributed by atoms with E-state index in [1.165, 1.54) is 12.8 Å². The molecule has 0 aromatic heterocycles. The van der Waals surface area contributed by atoms with Gasteiger partial charge >= 0.3 is 0 Å². The second-order valence-electron chi connectivity index (χ2n) is 3.50. The maximum absolute atomic E-state index is 5.18. The number of nitrogens with two attached hydrogens (primary N) is 1. The summed E-state index contributed by atoms with van der Waals surface area (Å²) in [6.45, 7) is 0. The van der Waals surface area contributed by atoms with Gasteiger partial charge in [0.25, 0.3) is 0 Å². The molecule has 0 aliphatic heterocycles. The van der Waals surface area contributed by atoms with Crippen molar-refractivity contribution >= 4 is 17.3 Å². The van der Waals surface area contributed by atoms with Crippen molar-refractivity contribution in [2.75, 3.05) is 0 Å². The highest BCUT2D eigenvalue weighted by molar-refractivity contribution is 7.80. The fraction of sp³-hybridized carbons (Fsp3) is 0.625. The van der Waals surface area contributed by atoms with Gasteiger partial charge in [0.05, 0.1) is 0 Å². The summed E-state index contributed by atoms with van der Waals surface area (Å²) in [5, 5.41) is 3.76. The molecule has 12 heavy (non-hydrogen) atoms. The highest BCUT2D eigenvalue weighted by atomic mass is 32.1. The fourth-order valence-corrected chi connectivity index (χ4v) is 2.31. The van der Waals surface area contributed by atoms with Gasteiger partial charge in [0, 0.05) is 6.04 Å². The van der Waals surface area contributed by atoms with Crippen molar-refractivity contribution in [3.8, 4) is 0 Å². The van der Waals surface area contributed by atoms with Crippen LogP contribution in [0.4, 0.5) is 0 Å². The van der Waals surface area contributed by atoms with Crippen molar-refractivity contribution in [2.45, 2.75) is 18.9 Å². The summed E-state index contributed by atoms with van der Waals surface area (Å²) in [6.07, 6.45) is 7.07. The van der Waals surface area contributed by atoms with Crippen LogP contribution in [0.1, 0.15) is 12.8 Å². The van der Waals surface area contributed by atoms with Crippen molar-refractivity contribution in [1.29, 1.82) is 0 Å². The van der Waals surface area contributed by atoms with Crippen molar-refractivity contribution < 1.29 is 0 Å². The normalized spacial score (nSPS) is 36.9. The minimum atomic E-state index is 0.503. The summed E-state index contributed by atoms with van der Waals surface area (Å²) in [7, 11) is 0. The van der Waals surface area contributed by atoms with Gasteiger partial charge in [-0.2, -0.15) is 0 Å². The van der Waals surface area contributed by atoms with Crippen molar-refractivity contribution in [3.05, 3.63) is 12.2 Å². The molecule has 0 radical (unpaired) electrons. The molecular formula is C8H13N3S. The Kier molecular flexibility index (Phi) is 2.02. The average Bonchev–Trinajstić information content (AvgIpc) is 2.64. The first-order valence-corrected chi connectivity index (χ1v) is 4.66. The second kappa shape index (κ2) is 3.03. The molecule has 66 valence electrons. The maximum atomic E-state index is 5.18. The van der Waals surface area contributed by atoms with E-state index in [0.717, 1.165) is 5.92 Å². The summed E-state index contributed by atoms with van der Waals surface area (Å²) < 4.78 is 0. The molecule has 2 rings (SSSR count).